The van der Waals surface area contributed by atoms with Crippen LogP contribution in [0.25, 0.3) is 0 Å². The zero-order valence-electron chi connectivity index (χ0n) is 9.56. The van der Waals surface area contributed by atoms with E-state index in [9.17, 15) is 10.1 Å². The summed E-state index contributed by atoms with van der Waals surface area (Å²) in [7, 11) is 1.93. The van der Waals surface area contributed by atoms with Gasteiger partial charge in [0.15, 0.2) is 0 Å². The number of aryl methyl sites for hydroxylation is 1. The number of hydrogen-bond acceptors (Lipinski definition) is 4. The Balaban J connectivity index is 2.29. The van der Waals surface area contributed by atoms with Gasteiger partial charge in [0.25, 0.3) is 0 Å². The van der Waals surface area contributed by atoms with Gasteiger partial charge in [-0.05, 0) is 42.3 Å². The van der Waals surface area contributed by atoms with Crippen molar-refractivity contribution < 1.29 is 4.92 Å². The van der Waals surface area contributed by atoms with E-state index >= 15 is 0 Å². The molecule has 1 N–H and O–H groups in total. The highest BCUT2D eigenvalue weighted by atomic mass is 16.6. The van der Waals surface area contributed by atoms with Crippen LogP contribution in [-0.4, -0.2) is 28.1 Å². The third-order valence-corrected chi connectivity index (χ3v) is 3.14. The molecule has 16 heavy (non-hydrogen) atoms. The van der Waals surface area contributed by atoms with Gasteiger partial charge < -0.3 is 20.0 Å². The smallest absolute Gasteiger partial charge is 0.358 e. The van der Waals surface area contributed by atoms with E-state index in [0.717, 1.165) is 37.4 Å². The highest BCUT2D eigenvalue weighted by Crippen LogP contribution is 2.28. The highest BCUT2D eigenvalue weighted by molar-refractivity contribution is 5.31. The first-order valence-electron chi connectivity index (χ1n) is 5.48. The molecule has 6 nitrogen and oxygen atoms in total. The van der Waals surface area contributed by atoms with Crippen molar-refractivity contribution in [3.05, 3.63) is 21.6 Å². The number of aromatic nitrogens is 2. The normalized spacial score (nSPS) is 19.5. The van der Waals surface area contributed by atoms with E-state index < -0.39 is 0 Å². The van der Waals surface area contributed by atoms with Crippen LogP contribution in [0, 0.1) is 23.0 Å². The third-order valence-electron chi connectivity index (χ3n) is 3.14. The molecule has 1 unspecified atom stereocenters. The van der Waals surface area contributed by atoms with Crippen molar-refractivity contribution in [2.75, 3.05) is 13.6 Å². The number of nitro groups is 1. The van der Waals surface area contributed by atoms with Gasteiger partial charge in [-0.25, -0.2) is 0 Å². The van der Waals surface area contributed by atoms with Crippen LogP contribution in [0.2, 0.25) is 0 Å². The molecule has 0 aliphatic carbocycles. The Labute approximate surface area is 93.8 Å². The van der Waals surface area contributed by atoms with Gasteiger partial charge in [0.05, 0.1) is 0 Å². The molecular formula is C10H16N4O2. The number of nitrogens with zero attached hydrogens (tertiary/aromatic N) is 3. The van der Waals surface area contributed by atoms with Gasteiger partial charge in [0.1, 0.15) is 5.69 Å². The number of fused-ring (bicyclic) bond motifs is 1. The molecular weight excluding hydrogens is 208 g/mol. The van der Waals surface area contributed by atoms with E-state index in [1.165, 1.54) is 0 Å². The Bertz CT molecular complexity index is 413. The first kappa shape index (κ1) is 11.1. The van der Waals surface area contributed by atoms with Crippen LogP contribution in [0.4, 0.5) is 5.82 Å². The summed E-state index contributed by atoms with van der Waals surface area (Å²) in [6.45, 7) is 3.62. The quantitative estimate of drug-likeness (QED) is 0.611. The largest absolute Gasteiger partial charge is 0.385 e. The fraction of sp³-hybridized carbons (Fsp3) is 0.700. The second-order valence-corrected chi connectivity index (χ2v) is 4.26. The maximum Gasteiger partial charge on any atom is 0.385 e. The summed E-state index contributed by atoms with van der Waals surface area (Å²) in [6.07, 6.45) is 1.75. The van der Waals surface area contributed by atoms with Crippen LogP contribution >= 0.6 is 0 Å². The van der Waals surface area contributed by atoms with Gasteiger partial charge in [0, 0.05) is 13.5 Å². The molecule has 2 rings (SSSR count). The van der Waals surface area contributed by atoms with E-state index in [-0.39, 0.29) is 10.7 Å². The summed E-state index contributed by atoms with van der Waals surface area (Å²) in [5.41, 5.74) is 0.787. The van der Waals surface area contributed by atoms with Gasteiger partial charge in [-0.2, -0.15) is 0 Å². The second-order valence-electron chi connectivity index (χ2n) is 4.26. The fourth-order valence-electron chi connectivity index (χ4n) is 2.38. The lowest BCUT2D eigenvalue weighted by Crippen LogP contribution is -2.28. The minimum absolute atomic E-state index is 0.0420. The molecule has 1 aromatic rings. The molecule has 0 bridgehead atoms. The van der Waals surface area contributed by atoms with Crippen molar-refractivity contribution in [3.8, 4) is 0 Å². The molecule has 0 radical (unpaired) electrons. The van der Waals surface area contributed by atoms with Crippen molar-refractivity contribution in [1.29, 1.82) is 0 Å². The summed E-state index contributed by atoms with van der Waals surface area (Å²) in [4.78, 5) is 14.5. The van der Waals surface area contributed by atoms with Gasteiger partial charge in [-0.1, -0.05) is 0 Å². The van der Waals surface area contributed by atoms with E-state index in [4.69, 9.17) is 0 Å². The molecule has 0 fully saturated rings. The molecule has 1 aliphatic heterocycles. The van der Waals surface area contributed by atoms with Crippen molar-refractivity contribution in [3.63, 3.8) is 0 Å². The van der Waals surface area contributed by atoms with Crippen molar-refractivity contribution in [1.82, 2.24) is 14.9 Å². The summed E-state index contributed by atoms with van der Waals surface area (Å²) < 4.78 is 1.99. The average molecular weight is 224 g/mol. The van der Waals surface area contributed by atoms with Crippen LogP contribution in [-0.2, 0) is 13.0 Å². The molecule has 2 heterocycles. The molecule has 0 spiro atoms. The summed E-state index contributed by atoms with van der Waals surface area (Å²) in [5.74, 6) is 1.34. The standard InChI is InChI=1S/C10H16N4O2/c1-7-12-10(14(15)16)9-4-3-8(5-11-2)6-13(7)9/h8,11H,3-6H2,1-2H3. The van der Waals surface area contributed by atoms with Gasteiger partial charge in [-0.3, -0.25) is 0 Å². The van der Waals surface area contributed by atoms with Gasteiger partial charge >= 0.3 is 5.82 Å². The zero-order chi connectivity index (χ0) is 11.7. The van der Waals surface area contributed by atoms with E-state index in [0.29, 0.717) is 5.92 Å². The van der Waals surface area contributed by atoms with E-state index in [1.807, 2.05) is 18.5 Å². The topological polar surface area (TPSA) is 73.0 Å². The van der Waals surface area contributed by atoms with Crippen molar-refractivity contribution in [2.24, 2.45) is 5.92 Å². The molecule has 1 aliphatic rings. The lowest BCUT2D eigenvalue weighted by molar-refractivity contribution is -0.390. The summed E-state index contributed by atoms with van der Waals surface area (Å²) >= 11 is 0. The van der Waals surface area contributed by atoms with Crippen LogP contribution < -0.4 is 5.32 Å². The van der Waals surface area contributed by atoms with Crippen LogP contribution in [0.3, 0.4) is 0 Å². The lowest BCUT2D eigenvalue weighted by Gasteiger charge is -2.23. The number of rotatable bonds is 3. The van der Waals surface area contributed by atoms with Crippen molar-refractivity contribution in [2.45, 2.75) is 26.3 Å². The predicted molar refractivity (Wildman–Crippen MR) is 59.4 cm³/mol. The average Bonchev–Trinajstić information content (AvgIpc) is 2.57. The predicted octanol–water partition coefficient (Wildman–Crippen LogP) is 0.882. The second kappa shape index (κ2) is 4.21. The molecule has 88 valence electrons. The number of nitrogens with one attached hydrogen (secondary N) is 1. The minimum Gasteiger partial charge on any atom is -0.358 e. The Kier molecular flexibility index (Phi) is 2.91. The first-order valence-corrected chi connectivity index (χ1v) is 5.48. The Morgan fingerprint density at radius 2 is 2.44 bits per heavy atom. The fourth-order valence-corrected chi connectivity index (χ4v) is 2.38. The van der Waals surface area contributed by atoms with E-state index in [2.05, 4.69) is 10.3 Å². The zero-order valence-corrected chi connectivity index (χ0v) is 9.56. The molecule has 0 saturated carbocycles. The molecule has 1 aromatic heterocycles. The Hall–Kier alpha value is -1.43. The maximum absolute atomic E-state index is 10.8. The molecule has 0 aromatic carbocycles. The van der Waals surface area contributed by atoms with Crippen LogP contribution in [0.5, 0.6) is 0 Å². The Morgan fingerprint density at radius 3 is 3.06 bits per heavy atom. The number of hydrogen-bond donors (Lipinski definition) is 1. The van der Waals surface area contributed by atoms with Gasteiger partial charge in [-0.15, -0.1) is 0 Å². The molecule has 0 saturated heterocycles. The van der Waals surface area contributed by atoms with Crippen LogP contribution in [0.15, 0.2) is 0 Å². The molecule has 6 heteroatoms. The van der Waals surface area contributed by atoms with Crippen molar-refractivity contribution >= 4 is 5.82 Å². The third kappa shape index (κ3) is 1.80. The van der Waals surface area contributed by atoms with Crippen LogP contribution in [0.1, 0.15) is 17.9 Å². The first-order chi connectivity index (χ1) is 7.63. The SMILES string of the molecule is CNCC1CCc2c([N+](=O)[O-])nc(C)n2C1. The highest BCUT2D eigenvalue weighted by Gasteiger charge is 2.30. The molecule has 1 atom stereocenters. The lowest BCUT2D eigenvalue weighted by atomic mass is 9.98. The van der Waals surface area contributed by atoms with Gasteiger partial charge in [0.2, 0.25) is 5.82 Å². The van der Waals surface area contributed by atoms with E-state index in [1.54, 1.807) is 0 Å². The number of imidazole rings is 1. The Morgan fingerprint density at radius 1 is 1.69 bits per heavy atom. The summed E-state index contributed by atoms with van der Waals surface area (Å²) in [5, 5.41) is 14.0. The monoisotopic (exact) mass is 224 g/mol. The molecule has 0 amide bonds. The maximum atomic E-state index is 10.8. The summed E-state index contributed by atoms with van der Waals surface area (Å²) in [6, 6.07) is 0. The minimum atomic E-state index is -0.378.